The van der Waals surface area contributed by atoms with Crippen molar-refractivity contribution in [1.29, 1.82) is 0 Å². The Labute approximate surface area is 108 Å². The molecular formula is C14H20N4. The third-order valence-electron chi connectivity index (χ3n) is 3.16. The number of fused-ring (bicyclic) bond motifs is 1. The maximum Gasteiger partial charge on any atom is 0.0446 e. The van der Waals surface area contributed by atoms with Crippen molar-refractivity contribution < 1.29 is 0 Å². The first-order valence-electron chi connectivity index (χ1n) is 6.14. The van der Waals surface area contributed by atoms with Crippen molar-refractivity contribution >= 4 is 22.1 Å². The molecule has 0 aliphatic heterocycles. The van der Waals surface area contributed by atoms with E-state index in [4.69, 9.17) is 5.73 Å². The molecule has 4 nitrogen and oxygen atoms in total. The van der Waals surface area contributed by atoms with Crippen LogP contribution in [0.3, 0.4) is 0 Å². The molecule has 1 heterocycles. The molecule has 0 saturated carbocycles. The number of nitrogens with one attached hydrogen (secondary N) is 1. The first-order valence-corrected chi connectivity index (χ1v) is 6.14. The predicted molar refractivity (Wildman–Crippen MR) is 78.1 cm³/mol. The van der Waals surface area contributed by atoms with Gasteiger partial charge in [0, 0.05) is 54.2 Å². The normalized spacial score (nSPS) is 10.8. The summed E-state index contributed by atoms with van der Waals surface area (Å²) in [6.07, 6.45) is 1.86. The van der Waals surface area contributed by atoms with Crippen molar-refractivity contribution in [1.82, 2.24) is 10.3 Å². The minimum absolute atomic E-state index is 0.781. The Hall–Kier alpha value is -1.81. The van der Waals surface area contributed by atoms with Crippen LogP contribution in [0.4, 0.5) is 11.4 Å². The molecule has 0 unspecified atom stereocenters. The van der Waals surface area contributed by atoms with Crippen LogP contribution in [0.1, 0.15) is 5.69 Å². The number of benzene rings is 1. The Morgan fingerprint density at radius 2 is 2.11 bits per heavy atom. The number of likely N-dealkylation sites (N-methyl/N-ethyl adjacent to an activating group) is 2. The van der Waals surface area contributed by atoms with Gasteiger partial charge in [0.2, 0.25) is 0 Å². The SMILES string of the molecule is CNCCN(C)c1ccc(N)c2cnc(C)cc12. The molecule has 18 heavy (non-hydrogen) atoms. The fourth-order valence-electron chi connectivity index (χ4n) is 2.08. The molecule has 0 aliphatic rings. The molecule has 0 amide bonds. The van der Waals surface area contributed by atoms with Gasteiger partial charge in [-0.1, -0.05) is 0 Å². The van der Waals surface area contributed by atoms with Crippen LogP contribution in [0.2, 0.25) is 0 Å². The van der Waals surface area contributed by atoms with Gasteiger partial charge < -0.3 is 16.0 Å². The molecule has 4 heteroatoms. The van der Waals surface area contributed by atoms with Gasteiger partial charge in [0.05, 0.1) is 0 Å². The Bertz CT molecular complexity index is 551. The van der Waals surface area contributed by atoms with Crippen LogP contribution in [0.25, 0.3) is 10.8 Å². The van der Waals surface area contributed by atoms with E-state index < -0.39 is 0 Å². The first-order chi connectivity index (χ1) is 8.63. The molecule has 96 valence electrons. The van der Waals surface area contributed by atoms with Crippen LogP contribution in [0.15, 0.2) is 24.4 Å². The quantitative estimate of drug-likeness (QED) is 0.805. The molecule has 0 radical (unpaired) electrons. The lowest BCUT2D eigenvalue weighted by atomic mass is 10.1. The number of anilines is 2. The second-order valence-corrected chi connectivity index (χ2v) is 4.57. The third kappa shape index (κ3) is 2.38. The predicted octanol–water partition coefficient (Wildman–Crippen LogP) is 1.78. The highest BCUT2D eigenvalue weighted by Gasteiger charge is 2.08. The van der Waals surface area contributed by atoms with Gasteiger partial charge in [0.25, 0.3) is 0 Å². The summed E-state index contributed by atoms with van der Waals surface area (Å²) in [5.74, 6) is 0. The summed E-state index contributed by atoms with van der Waals surface area (Å²) in [7, 11) is 4.06. The first kappa shape index (κ1) is 12.6. The average Bonchev–Trinajstić information content (AvgIpc) is 2.36. The number of hydrogen-bond donors (Lipinski definition) is 2. The Morgan fingerprint density at radius 3 is 2.83 bits per heavy atom. The fraction of sp³-hybridized carbons (Fsp3) is 0.357. The number of hydrogen-bond acceptors (Lipinski definition) is 4. The van der Waals surface area contributed by atoms with E-state index >= 15 is 0 Å². The molecule has 0 aliphatic carbocycles. The summed E-state index contributed by atoms with van der Waals surface area (Å²) in [6.45, 7) is 3.91. The number of nitrogens with zero attached hydrogens (tertiary/aromatic N) is 2. The van der Waals surface area contributed by atoms with E-state index in [1.165, 1.54) is 11.1 Å². The van der Waals surface area contributed by atoms with E-state index in [9.17, 15) is 0 Å². The number of rotatable bonds is 4. The Balaban J connectivity index is 2.50. The zero-order valence-corrected chi connectivity index (χ0v) is 11.2. The van der Waals surface area contributed by atoms with Gasteiger partial charge in [-0.2, -0.15) is 0 Å². The standard InChI is InChI=1S/C14H20N4/c1-10-8-11-12(9-17-10)13(15)4-5-14(11)18(3)7-6-16-2/h4-5,8-9,16H,6-7,15H2,1-3H3. The summed E-state index contributed by atoms with van der Waals surface area (Å²) in [5.41, 5.74) is 8.99. The minimum Gasteiger partial charge on any atom is -0.398 e. The second-order valence-electron chi connectivity index (χ2n) is 4.57. The lowest BCUT2D eigenvalue weighted by Crippen LogP contribution is -2.27. The fourth-order valence-corrected chi connectivity index (χ4v) is 2.08. The summed E-state index contributed by atoms with van der Waals surface area (Å²) in [5, 5.41) is 5.35. The van der Waals surface area contributed by atoms with Crippen molar-refractivity contribution in [3.63, 3.8) is 0 Å². The van der Waals surface area contributed by atoms with Crippen molar-refractivity contribution in [2.75, 3.05) is 37.8 Å². The van der Waals surface area contributed by atoms with E-state index in [-0.39, 0.29) is 0 Å². The second kappa shape index (κ2) is 5.23. The summed E-state index contributed by atoms with van der Waals surface area (Å²) >= 11 is 0. The summed E-state index contributed by atoms with van der Waals surface area (Å²) < 4.78 is 0. The summed E-state index contributed by atoms with van der Waals surface area (Å²) in [4.78, 5) is 6.55. The number of nitrogens with two attached hydrogens (primary N) is 1. The smallest absolute Gasteiger partial charge is 0.0446 e. The van der Waals surface area contributed by atoms with Gasteiger partial charge in [0.15, 0.2) is 0 Å². The van der Waals surface area contributed by atoms with Crippen LogP contribution in [-0.2, 0) is 0 Å². The molecule has 2 aromatic rings. The van der Waals surface area contributed by atoms with Crippen molar-refractivity contribution in [2.45, 2.75) is 6.92 Å². The topological polar surface area (TPSA) is 54.2 Å². The van der Waals surface area contributed by atoms with Gasteiger partial charge in [-0.15, -0.1) is 0 Å². The van der Waals surface area contributed by atoms with E-state index in [0.717, 1.165) is 29.9 Å². The van der Waals surface area contributed by atoms with Crippen molar-refractivity contribution in [3.8, 4) is 0 Å². The van der Waals surface area contributed by atoms with E-state index in [1.807, 2.05) is 26.2 Å². The van der Waals surface area contributed by atoms with Gasteiger partial charge in [0.1, 0.15) is 0 Å². The van der Waals surface area contributed by atoms with Crippen LogP contribution in [0.5, 0.6) is 0 Å². The van der Waals surface area contributed by atoms with Gasteiger partial charge >= 0.3 is 0 Å². The van der Waals surface area contributed by atoms with Gasteiger partial charge in [-0.25, -0.2) is 0 Å². The number of aromatic nitrogens is 1. The number of pyridine rings is 1. The molecule has 1 aromatic heterocycles. The zero-order valence-electron chi connectivity index (χ0n) is 11.2. The molecular weight excluding hydrogens is 224 g/mol. The van der Waals surface area contributed by atoms with Crippen LogP contribution < -0.4 is 16.0 Å². The number of aryl methyl sites for hydroxylation is 1. The maximum absolute atomic E-state index is 6.00. The lowest BCUT2D eigenvalue weighted by molar-refractivity contribution is 0.769. The molecule has 0 saturated heterocycles. The van der Waals surface area contributed by atoms with E-state index in [2.05, 4.69) is 34.4 Å². The highest BCUT2D eigenvalue weighted by molar-refractivity contribution is 6.01. The molecule has 0 atom stereocenters. The lowest BCUT2D eigenvalue weighted by Gasteiger charge is -2.21. The van der Waals surface area contributed by atoms with E-state index in [0.29, 0.717) is 0 Å². The van der Waals surface area contributed by atoms with Crippen molar-refractivity contribution in [3.05, 3.63) is 30.1 Å². The molecule has 0 fully saturated rings. The van der Waals surface area contributed by atoms with Crippen LogP contribution in [0, 0.1) is 6.92 Å². The Morgan fingerprint density at radius 1 is 1.33 bits per heavy atom. The number of nitrogen functional groups attached to an aromatic ring is 1. The largest absolute Gasteiger partial charge is 0.398 e. The van der Waals surface area contributed by atoms with Crippen LogP contribution in [-0.4, -0.2) is 32.2 Å². The van der Waals surface area contributed by atoms with E-state index in [1.54, 1.807) is 0 Å². The molecule has 0 spiro atoms. The molecule has 1 aromatic carbocycles. The van der Waals surface area contributed by atoms with Crippen LogP contribution >= 0.6 is 0 Å². The minimum atomic E-state index is 0.781. The van der Waals surface area contributed by atoms with Crippen molar-refractivity contribution in [2.24, 2.45) is 0 Å². The average molecular weight is 244 g/mol. The third-order valence-corrected chi connectivity index (χ3v) is 3.16. The monoisotopic (exact) mass is 244 g/mol. The highest BCUT2D eigenvalue weighted by Crippen LogP contribution is 2.30. The molecule has 0 bridgehead atoms. The molecule has 2 rings (SSSR count). The molecule has 3 N–H and O–H groups in total. The van der Waals surface area contributed by atoms with Gasteiger partial charge in [-0.05, 0) is 32.2 Å². The maximum atomic E-state index is 6.00. The summed E-state index contributed by atoms with van der Waals surface area (Å²) in [6, 6.07) is 6.12. The zero-order chi connectivity index (χ0) is 13.1. The highest BCUT2D eigenvalue weighted by atomic mass is 15.1. The Kier molecular flexibility index (Phi) is 3.67. The van der Waals surface area contributed by atoms with Gasteiger partial charge in [-0.3, -0.25) is 4.98 Å².